The van der Waals surface area contributed by atoms with Crippen molar-refractivity contribution in [1.82, 2.24) is 14.5 Å². The average molecular weight is 597 g/mol. The van der Waals surface area contributed by atoms with E-state index in [0.717, 1.165) is 26.4 Å². The molecule has 0 bridgehead atoms. The van der Waals surface area contributed by atoms with Crippen LogP contribution >= 0.6 is 0 Å². The number of nitrogens with one attached hydrogen (secondary N) is 1. The van der Waals surface area contributed by atoms with Crippen LogP contribution in [-0.4, -0.2) is 55.7 Å². The first kappa shape index (κ1) is 29.8. The Morgan fingerprint density at radius 2 is 1.79 bits per heavy atom. The van der Waals surface area contributed by atoms with Crippen molar-refractivity contribution in [2.24, 2.45) is 0 Å². The van der Waals surface area contributed by atoms with Gasteiger partial charge in [-0.15, -0.1) is 0 Å². The highest BCUT2D eigenvalue weighted by Gasteiger charge is 2.43. The monoisotopic (exact) mass is 596 g/mol. The first-order valence-corrected chi connectivity index (χ1v) is 15.3. The van der Waals surface area contributed by atoms with Gasteiger partial charge in [-0.25, -0.2) is 8.42 Å². The van der Waals surface area contributed by atoms with Crippen molar-refractivity contribution in [3.63, 3.8) is 0 Å². The summed E-state index contributed by atoms with van der Waals surface area (Å²) in [4.78, 5) is 28.4. The highest BCUT2D eigenvalue weighted by molar-refractivity contribution is 7.89. The number of hydrogen-bond donors (Lipinski definition) is 1. The van der Waals surface area contributed by atoms with Crippen LogP contribution in [0.5, 0.6) is 5.75 Å². The summed E-state index contributed by atoms with van der Waals surface area (Å²) in [5.41, 5.74) is 3.20. The van der Waals surface area contributed by atoms with Crippen LogP contribution in [0.25, 0.3) is 10.8 Å². The number of carbonyl (C=O) groups excluding carboxylic acids is 2. The molecule has 0 saturated carbocycles. The van der Waals surface area contributed by atoms with Gasteiger partial charge in [0.2, 0.25) is 21.8 Å². The van der Waals surface area contributed by atoms with E-state index in [0.29, 0.717) is 23.2 Å². The molecule has 1 saturated heterocycles. The third-order valence-corrected chi connectivity index (χ3v) is 9.43. The van der Waals surface area contributed by atoms with Crippen LogP contribution in [-0.2, 0) is 32.7 Å². The first-order valence-electron chi connectivity index (χ1n) is 13.9. The Morgan fingerprint density at radius 3 is 2.53 bits per heavy atom. The molecule has 0 unspecified atom stereocenters. The number of rotatable bonds is 10. The molecule has 10 heteroatoms. The minimum atomic E-state index is -4.28. The van der Waals surface area contributed by atoms with E-state index in [1.807, 2.05) is 43.3 Å². The Labute approximate surface area is 251 Å². The Morgan fingerprint density at radius 1 is 1.02 bits per heavy atom. The zero-order chi connectivity index (χ0) is 30.6. The Kier molecular flexibility index (Phi) is 8.76. The van der Waals surface area contributed by atoms with Crippen LogP contribution < -0.4 is 10.1 Å². The van der Waals surface area contributed by atoms with Gasteiger partial charge in [0.1, 0.15) is 11.8 Å². The lowest BCUT2D eigenvalue weighted by Gasteiger charge is -2.27. The number of ether oxygens (including phenoxy) is 1. The van der Waals surface area contributed by atoms with Crippen molar-refractivity contribution >= 4 is 32.6 Å². The van der Waals surface area contributed by atoms with Crippen LogP contribution in [0, 0.1) is 18.3 Å². The third kappa shape index (κ3) is 6.69. The number of carbonyl (C=O) groups is 2. The zero-order valence-corrected chi connectivity index (χ0v) is 24.8. The van der Waals surface area contributed by atoms with Gasteiger partial charge in [0.15, 0.2) is 0 Å². The standard InChI is InChI=1S/C33H32N4O5S/c1-23-6-8-24(9-7-23)20-35-32(38)22-37(31-14-15-36(33(31)39)21-26-5-3-4-25(16-26)19-34)43(40,41)30-13-11-27-10-12-29(42-2)17-28(27)18-30/h3-13,16-18,31H,14-15,20-22H2,1-2H3,(H,35,38)/t31-/m0/s1. The molecule has 0 aromatic heterocycles. The van der Waals surface area contributed by atoms with Crippen molar-refractivity contribution in [2.45, 2.75) is 37.4 Å². The lowest BCUT2D eigenvalue weighted by Crippen LogP contribution is -2.49. The summed E-state index contributed by atoms with van der Waals surface area (Å²) in [6.07, 6.45) is 0.225. The lowest BCUT2D eigenvalue weighted by atomic mass is 10.1. The molecule has 4 aromatic carbocycles. The molecule has 1 N–H and O–H groups in total. The van der Waals surface area contributed by atoms with Crippen LogP contribution in [0.15, 0.2) is 89.8 Å². The largest absolute Gasteiger partial charge is 0.497 e. The fraction of sp³-hybridized carbons (Fsp3) is 0.242. The number of hydrogen-bond acceptors (Lipinski definition) is 6. The Balaban J connectivity index is 1.43. The van der Waals surface area contributed by atoms with Crippen LogP contribution in [0.1, 0.15) is 28.7 Å². The minimum absolute atomic E-state index is 0.0208. The second-order valence-electron chi connectivity index (χ2n) is 10.6. The third-order valence-electron chi connectivity index (χ3n) is 7.58. The normalized spacial score (nSPS) is 15.1. The predicted molar refractivity (Wildman–Crippen MR) is 162 cm³/mol. The number of nitrogens with zero attached hydrogens (tertiary/aromatic N) is 3. The van der Waals surface area contributed by atoms with E-state index >= 15 is 0 Å². The van der Waals surface area contributed by atoms with Gasteiger partial charge in [0, 0.05) is 19.6 Å². The molecule has 0 aliphatic carbocycles. The quantitative estimate of drug-likeness (QED) is 0.294. The first-order chi connectivity index (χ1) is 20.7. The van der Waals surface area contributed by atoms with Gasteiger partial charge >= 0.3 is 0 Å². The summed E-state index contributed by atoms with van der Waals surface area (Å²) in [5, 5.41) is 13.5. The number of methoxy groups -OCH3 is 1. The van der Waals surface area contributed by atoms with E-state index in [-0.39, 0.29) is 30.3 Å². The van der Waals surface area contributed by atoms with E-state index in [1.54, 1.807) is 41.3 Å². The number of likely N-dealkylation sites (tertiary alicyclic amines) is 1. The summed E-state index contributed by atoms with van der Waals surface area (Å²) in [6, 6.07) is 25.7. The molecule has 1 aliphatic rings. The Hall–Kier alpha value is -4.72. The van der Waals surface area contributed by atoms with Crippen LogP contribution in [0.4, 0.5) is 0 Å². The zero-order valence-electron chi connectivity index (χ0n) is 24.0. The summed E-state index contributed by atoms with van der Waals surface area (Å²) < 4.78 is 34.7. The summed E-state index contributed by atoms with van der Waals surface area (Å²) in [6.45, 7) is 2.22. The van der Waals surface area contributed by atoms with Gasteiger partial charge in [0.05, 0.1) is 30.2 Å². The Bertz CT molecular complexity index is 1820. The van der Waals surface area contributed by atoms with Gasteiger partial charge in [-0.05, 0) is 71.6 Å². The predicted octanol–water partition coefficient (Wildman–Crippen LogP) is 4.14. The average Bonchev–Trinajstić information content (AvgIpc) is 3.37. The molecule has 1 atom stereocenters. The number of aryl methyl sites for hydroxylation is 1. The van der Waals surface area contributed by atoms with Crippen molar-refractivity contribution in [1.29, 1.82) is 5.26 Å². The minimum Gasteiger partial charge on any atom is -0.497 e. The number of amides is 2. The lowest BCUT2D eigenvalue weighted by molar-refractivity contribution is -0.131. The smallest absolute Gasteiger partial charge is 0.244 e. The van der Waals surface area contributed by atoms with Crippen molar-refractivity contribution < 1.29 is 22.7 Å². The van der Waals surface area contributed by atoms with E-state index < -0.39 is 28.5 Å². The van der Waals surface area contributed by atoms with Crippen LogP contribution in [0.3, 0.4) is 0 Å². The fourth-order valence-electron chi connectivity index (χ4n) is 5.20. The molecule has 1 fully saturated rings. The second kappa shape index (κ2) is 12.7. The second-order valence-corrected chi connectivity index (χ2v) is 12.5. The van der Waals surface area contributed by atoms with Crippen molar-refractivity contribution in [3.8, 4) is 11.8 Å². The topological polar surface area (TPSA) is 120 Å². The highest BCUT2D eigenvalue weighted by Crippen LogP contribution is 2.29. The molecule has 0 spiro atoms. The molecule has 220 valence electrons. The number of benzene rings is 4. The van der Waals surface area contributed by atoms with Crippen molar-refractivity contribution in [3.05, 3.63) is 107 Å². The molecular formula is C33H32N4O5S. The molecule has 5 rings (SSSR count). The SMILES string of the molecule is COc1ccc2ccc(S(=O)(=O)N(CC(=O)NCc3ccc(C)cc3)[C@H]3CCN(Cc4cccc(C#N)c4)C3=O)cc2c1. The maximum Gasteiger partial charge on any atom is 0.244 e. The van der Waals surface area contributed by atoms with Gasteiger partial charge < -0.3 is 15.0 Å². The number of fused-ring (bicyclic) bond motifs is 1. The van der Waals surface area contributed by atoms with Gasteiger partial charge in [-0.3, -0.25) is 9.59 Å². The maximum atomic E-state index is 14.2. The van der Waals surface area contributed by atoms with Crippen molar-refractivity contribution in [2.75, 3.05) is 20.2 Å². The molecular weight excluding hydrogens is 564 g/mol. The number of sulfonamides is 1. The van der Waals surface area contributed by atoms with E-state index in [1.165, 1.54) is 19.2 Å². The van der Waals surface area contributed by atoms with Gasteiger partial charge in [-0.2, -0.15) is 9.57 Å². The van der Waals surface area contributed by atoms with Crippen LogP contribution in [0.2, 0.25) is 0 Å². The van der Waals surface area contributed by atoms with E-state index in [2.05, 4.69) is 11.4 Å². The van der Waals surface area contributed by atoms with Gasteiger partial charge in [-0.1, -0.05) is 54.1 Å². The summed E-state index contributed by atoms with van der Waals surface area (Å²) in [7, 11) is -2.74. The summed E-state index contributed by atoms with van der Waals surface area (Å²) in [5.74, 6) is -0.323. The molecule has 1 heterocycles. The summed E-state index contributed by atoms with van der Waals surface area (Å²) >= 11 is 0. The molecule has 43 heavy (non-hydrogen) atoms. The number of nitriles is 1. The molecule has 0 radical (unpaired) electrons. The van der Waals surface area contributed by atoms with E-state index in [4.69, 9.17) is 4.74 Å². The molecule has 1 aliphatic heterocycles. The van der Waals surface area contributed by atoms with Gasteiger partial charge in [0.25, 0.3) is 0 Å². The molecule has 4 aromatic rings. The highest BCUT2D eigenvalue weighted by atomic mass is 32.2. The maximum absolute atomic E-state index is 14.2. The van der Waals surface area contributed by atoms with E-state index in [9.17, 15) is 23.3 Å². The fourth-order valence-corrected chi connectivity index (χ4v) is 6.80. The molecule has 9 nitrogen and oxygen atoms in total. The molecule has 2 amide bonds.